The van der Waals surface area contributed by atoms with Crippen molar-refractivity contribution in [2.45, 2.75) is 26.3 Å². The zero-order valence-corrected chi connectivity index (χ0v) is 16.1. The summed E-state index contributed by atoms with van der Waals surface area (Å²) < 4.78 is 31.0. The van der Waals surface area contributed by atoms with E-state index in [9.17, 15) is 18.0 Å². The smallest absolute Gasteiger partial charge is 0.252 e. The molecule has 1 aliphatic heterocycles. The van der Waals surface area contributed by atoms with Crippen molar-refractivity contribution in [3.8, 4) is 5.75 Å². The monoisotopic (exact) mass is 390 g/mol. The Morgan fingerprint density at radius 3 is 2.56 bits per heavy atom. The number of aryl methyl sites for hydroxylation is 1. The number of hydrogen-bond acceptors (Lipinski definition) is 5. The molecule has 1 atom stereocenters. The van der Waals surface area contributed by atoms with Crippen LogP contribution in [0.25, 0.3) is 0 Å². The number of benzene rings is 1. The van der Waals surface area contributed by atoms with Gasteiger partial charge < -0.3 is 15.0 Å². The largest absolute Gasteiger partial charge is 0.485 e. The Kier molecular flexibility index (Phi) is 5.10. The number of ether oxygens (including phenoxy) is 1. The Hall–Kier alpha value is -2.61. The van der Waals surface area contributed by atoms with Gasteiger partial charge in [-0.1, -0.05) is 12.1 Å². The van der Waals surface area contributed by atoms with Gasteiger partial charge in [0.1, 0.15) is 5.75 Å². The minimum atomic E-state index is -3.02. The third-order valence-corrected chi connectivity index (χ3v) is 6.62. The molecule has 1 fully saturated rings. The lowest BCUT2D eigenvalue weighted by molar-refractivity contribution is 0.0911. The predicted molar refractivity (Wildman–Crippen MR) is 101 cm³/mol. The van der Waals surface area contributed by atoms with E-state index in [4.69, 9.17) is 10.5 Å². The van der Waals surface area contributed by atoms with Gasteiger partial charge in [0.2, 0.25) is 5.78 Å². The SMILES string of the molecule is Cc1cc(C(=O)COc2ccccc2C(N)=O)c(C)n1C1CCS(=O)(=O)C1. The van der Waals surface area contributed by atoms with Gasteiger partial charge in [-0.05, 0) is 38.5 Å². The van der Waals surface area contributed by atoms with Crippen molar-refractivity contribution in [2.24, 2.45) is 5.73 Å². The fraction of sp³-hybridized carbons (Fsp3) is 0.368. The molecule has 0 spiro atoms. The topological polar surface area (TPSA) is 108 Å². The van der Waals surface area contributed by atoms with E-state index in [0.717, 1.165) is 11.4 Å². The summed E-state index contributed by atoms with van der Waals surface area (Å²) in [5, 5.41) is 0. The molecular weight excluding hydrogens is 368 g/mol. The Morgan fingerprint density at radius 2 is 1.93 bits per heavy atom. The van der Waals surface area contributed by atoms with Crippen LogP contribution in [0.1, 0.15) is 44.6 Å². The van der Waals surface area contributed by atoms with Gasteiger partial charge in [0.15, 0.2) is 16.4 Å². The lowest BCUT2D eigenvalue weighted by Crippen LogP contribution is -2.18. The van der Waals surface area contributed by atoms with Crippen molar-refractivity contribution < 1.29 is 22.7 Å². The van der Waals surface area contributed by atoms with Crippen LogP contribution >= 0.6 is 0 Å². The number of primary amides is 1. The number of nitrogens with two attached hydrogens (primary N) is 1. The van der Waals surface area contributed by atoms with Crippen LogP contribution in [-0.2, 0) is 9.84 Å². The molecule has 1 aliphatic rings. The normalized spacial score (nSPS) is 18.4. The zero-order valence-electron chi connectivity index (χ0n) is 15.3. The Balaban J connectivity index is 1.79. The molecule has 3 rings (SSSR count). The number of nitrogens with zero attached hydrogens (tertiary/aromatic N) is 1. The van der Waals surface area contributed by atoms with Crippen molar-refractivity contribution in [2.75, 3.05) is 18.1 Å². The highest BCUT2D eigenvalue weighted by atomic mass is 32.2. The summed E-state index contributed by atoms with van der Waals surface area (Å²) in [4.78, 5) is 24.1. The van der Waals surface area contributed by atoms with E-state index in [2.05, 4.69) is 0 Å². The maximum absolute atomic E-state index is 12.7. The van der Waals surface area contributed by atoms with Gasteiger partial charge in [0.25, 0.3) is 5.91 Å². The van der Waals surface area contributed by atoms with Crippen molar-refractivity contribution >= 4 is 21.5 Å². The number of sulfone groups is 1. The maximum Gasteiger partial charge on any atom is 0.252 e. The molecular formula is C19H22N2O5S. The van der Waals surface area contributed by atoms with Gasteiger partial charge >= 0.3 is 0 Å². The molecule has 0 radical (unpaired) electrons. The lowest BCUT2D eigenvalue weighted by atomic mass is 10.1. The van der Waals surface area contributed by atoms with Crippen molar-refractivity contribution in [3.63, 3.8) is 0 Å². The highest BCUT2D eigenvalue weighted by Crippen LogP contribution is 2.29. The minimum absolute atomic E-state index is 0.0967. The first-order valence-electron chi connectivity index (χ1n) is 8.63. The second kappa shape index (κ2) is 7.19. The Morgan fingerprint density at radius 1 is 1.22 bits per heavy atom. The number of ketones is 1. The lowest BCUT2D eigenvalue weighted by Gasteiger charge is -2.16. The fourth-order valence-electron chi connectivity index (χ4n) is 3.62. The van der Waals surface area contributed by atoms with Gasteiger partial charge in [-0.15, -0.1) is 0 Å². The highest BCUT2D eigenvalue weighted by Gasteiger charge is 2.31. The van der Waals surface area contributed by atoms with Gasteiger partial charge in [0, 0.05) is 23.0 Å². The van der Waals surface area contributed by atoms with Gasteiger partial charge in [-0.2, -0.15) is 0 Å². The van der Waals surface area contributed by atoms with E-state index in [1.165, 1.54) is 6.07 Å². The zero-order chi connectivity index (χ0) is 19.8. The predicted octanol–water partition coefficient (Wildman–Crippen LogP) is 1.83. The molecule has 27 heavy (non-hydrogen) atoms. The molecule has 8 heteroatoms. The summed E-state index contributed by atoms with van der Waals surface area (Å²) in [7, 11) is -3.02. The minimum Gasteiger partial charge on any atom is -0.485 e. The number of rotatable bonds is 6. The molecule has 2 N–H and O–H groups in total. The van der Waals surface area contributed by atoms with Crippen LogP contribution in [0.5, 0.6) is 5.75 Å². The molecule has 1 unspecified atom stereocenters. The van der Waals surface area contributed by atoms with E-state index in [1.54, 1.807) is 24.3 Å². The number of Topliss-reactive ketones (excluding diaryl/α,β-unsaturated/α-hetero) is 1. The third kappa shape index (κ3) is 3.90. The quantitative estimate of drug-likeness (QED) is 0.757. The molecule has 2 heterocycles. The van der Waals surface area contributed by atoms with Crippen LogP contribution in [0.15, 0.2) is 30.3 Å². The number of hydrogen-bond donors (Lipinski definition) is 1. The van der Waals surface area contributed by atoms with Crippen LogP contribution in [0, 0.1) is 13.8 Å². The number of amides is 1. The molecule has 7 nitrogen and oxygen atoms in total. The fourth-order valence-corrected chi connectivity index (χ4v) is 5.32. The van der Waals surface area contributed by atoms with E-state index in [0.29, 0.717) is 12.0 Å². The standard InChI is InChI=1S/C19H22N2O5S/c1-12-9-16(13(2)21(12)14-7-8-27(24,25)11-14)17(22)10-26-18-6-4-3-5-15(18)19(20)23/h3-6,9,14H,7-8,10-11H2,1-2H3,(H2,20,23). The molecule has 1 aromatic carbocycles. The van der Waals surface area contributed by atoms with Gasteiger partial charge in [-0.25, -0.2) is 8.42 Å². The van der Waals surface area contributed by atoms with Crippen LogP contribution < -0.4 is 10.5 Å². The van der Waals surface area contributed by atoms with Crippen LogP contribution in [0.4, 0.5) is 0 Å². The number of carbonyl (C=O) groups excluding carboxylic acids is 2. The highest BCUT2D eigenvalue weighted by molar-refractivity contribution is 7.91. The summed E-state index contributed by atoms with van der Waals surface area (Å²) in [5.74, 6) is -0.341. The van der Waals surface area contributed by atoms with Crippen molar-refractivity contribution in [3.05, 3.63) is 52.8 Å². The summed E-state index contributed by atoms with van der Waals surface area (Å²) in [6, 6.07) is 8.09. The Bertz CT molecular complexity index is 1010. The summed E-state index contributed by atoms with van der Waals surface area (Å²) in [6.07, 6.45) is 0.550. The maximum atomic E-state index is 12.7. The average Bonchev–Trinajstić information content (AvgIpc) is 3.11. The Labute approximate surface area is 158 Å². The molecule has 144 valence electrons. The third-order valence-electron chi connectivity index (χ3n) is 4.87. The molecule has 0 saturated carbocycles. The first kappa shape index (κ1) is 19.2. The summed E-state index contributed by atoms with van der Waals surface area (Å²) in [5.41, 5.74) is 7.59. The van der Waals surface area contributed by atoms with E-state index >= 15 is 0 Å². The average molecular weight is 390 g/mol. The second-order valence-electron chi connectivity index (χ2n) is 6.78. The first-order chi connectivity index (χ1) is 12.7. The number of carbonyl (C=O) groups is 2. The summed E-state index contributed by atoms with van der Waals surface area (Å²) in [6.45, 7) is 3.43. The van der Waals surface area contributed by atoms with E-state index in [1.807, 2.05) is 18.4 Å². The van der Waals surface area contributed by atoms with Crippen LogP contribution in [-0.4, -0.2) is 42.8 Å². The molecule has 0 aliphatic carbocycles. The van der Waals surface area contributed by atoms with Crippen LogP contribution in [0.2, 0.25) is 0 Å². The summed E-state index contributed by atoms with van der Waals surface area (Å²) >= 11 is 0. The first-order valence-corrected chi connectivity index (χ1v) is 10.5. The van der Waals surface area contributed by atoms with Gasteiger partial charge in [-0.3, -0.25) is 9.59 Å². The second-order valence-corrected chi connectivity index (χ2v) is 9.01. The van der Waals surface area contributed by atoms with Crippen LogP contribution in [0.3, 0.4) is 0 Å². The molecule has 1 aromatic heterocycles. The number of aromatic nitrogens is 1. The molecule has 0 bridgehead atoms. The number of para-hydroxylation sites is 1. The van der Waals surface area contributed by atoms with Gasteiger partial charge in [0.05, 0.1) is 17.1 Å². The van der Waals surface area contributed by atoms with Crippen molar-refractivity contribution in [1.82, 2.24) is 4.57 Å². The molecule has 1 saturated heterocycles. The van der Waals surface area contributed by atoms with E-state index in [-0.39, 0.29) is 41.3 Å². The van der Waals surface area contributed by atoms with E-state index < -0.39 is 15.7 Å². The van der Waals surface area contributed by atoms with Crippen molar-refractivity contribution in [1.29, 1.82) is 0 Å². The molecule has 2 aromatic rings. The molecule has 1 amide bonds.